The van der Waals surface area contributed by atoms with Gasteiger partial charge in [0.15, 0.2) is 5.65 Å². The van der Waals surface area contributed by atoms with Crippen molar-refractivity contribution in [1.82, 2.24) is 19.5 Å². The summed E-state index contributed by atoms with van der Waals surface area (Å²) in [5, 5.41) is 12.4. The first-order chi connectivity index (χ1) is 17.3. The van der Waals surface area contributed by atoms with Gasteiger partial charge in [0.1, 0.15) is 17.2 Å². The van der Waals surface area contributed by atoms with E-state index in [1.54, 1.807) is 42.5 Å². The molecule has 0 saturated heterocycles. The molecule has 0 aliphatic carbocycles. The van der Waals surface area contributed by atoms with Crippen molar-refractivity contribution in [1.29, 1.82) is 0 Å². The maximum Gasteiger partial charge on any atom is 0.330 e. The van der Waals surface area contributed by atoms with Gasteiger partial charge in [-0.25, -0.2) is 14.2 Å². The first-order valence-electron chi connectivity index (χ1n) is 11.7. The lowest BCUT2D eigenvalue weighted by Gasteiger charge is -2.17. The van der Waals surface area contributed by atoms with E-state index in [4.69, 9.17) is 0 Å². The zero-order chi connectivity index (χ0) is 25.8. The molecule has 1 amide bonds. The van der Waals surface area contributed by atoms with Gasteiger partial charge in [-0.1, -0.05) is 37.3 Å². The van der Waals surface area contributed by atoms with Gasteiger partial charge in [0.05, 0.1) is 0 Å². The van der Waals surface area contributed by atoms with Crippen molar-refractivity contribution in [2.75, 3.05) is 11.9 Å². The van der Waals surface area contributed by atoms with E-state index in [1.165, 1.54) is 17.6 Å². The van der Waals surface area contributed by atoms with Gasteiger partial charge in [0.25, 0.3) is 5.56 Å². The Labute approximate surface area is 206 Å². The SMILES string of the molecule is CCC(CO)Cn1c(=O)[nH]c(=O)c2[nH]c(C(Cc3ccccc3F)c3ccc(NC(C)=O)cc3)nc21. The highest BCUT2D eigenvalue weighted by Gasteiger charge is 2.23. The van der Waals surface area contributed by atoms with Crippen LogP contribution < -0.4 is 16.6 Å². The molecule has 4 aromatic rings. The van der Waals surface area contributed by atoms with E-state index < -0.39 is 17.2 Å². The number of H-pyrrole nitrogens is 2. The fourth-order valence-electron chi connectivity index (χ4n) is 4.23. The largest absolute Gasteiger partial charge is 0.396 e. The van der Waals surface area contributed by atoms with Crippen LogP contribution in [0.2, 0.25) is 0 Å². The molecule has 188 valence electrons. The number of benzene rings is 2. The molecule has 2 unspecified atom stereocenters. The second kappa shape index (κ2) is 10.7. The fraction of sp³-hybridized carbons (Fsp3) is 0.308. The quantitative estimate of drug-likeness (QED) is 0.285. The molecule has 0 spiro atoms. The predicted molar refractivity (Wildman–Crippen MR) is 135 cm³/mol. The molecule has 0 bridgehead atoms. The Morgan fingerprint density at radius 2 is 1.86 bits per heavy atom. The van der Waals surface area contributed by atoms with E-state index in [2.05, 4.69) is 20.3 Å². The zero-order valence-electron chi connectivity index (χ0n) is 20.0. The molecule has 0 aliphatic heterocycles. The molecule has 0 fully saturated rings. The summed E-state index contributed by atoms with van der Waals surface area (Å²) in [5.74, 6) is -0.844. The smallest absolute Gasteiger partial charge is 0.330 e. The van der Waals surface area contributed by atoms with Crippen molar-refractivity contribution in [2.45, 2.75) is 39.2 Å². The number of rotatable bonds is 9. The summed E-state index contributed by atoms with van der Waals surface area (Å²) in [4.78, 5) is 46.6. The van der Waals surface area contributed by atoms with Crippen LogP contribution in [0, 0.1) is 11.7 Å². The highest BCUT2D eigenvalue weighted by atomic mass is 19.1. The number of fused-ring (bicyclic) bond motifs is 1. The molecule has 9 nitrogen and oxygen atoms in total. The Balaban J connectivity index is 1.84. The topological polar surface area (TPSA) is 133 Å². The van der Waals surface area contributed by atoms with Crippen molar-refractivity contribution < 1.29 is 14.3 Å². The van der Waals surface area contributed by atoms with E-state index in [1.807, 2.05) is 6.92 Å². The summed E-state index contributed by atoms with van der Waals surface area (Å²) < 4.78 is 15.9. The molecule has 0 radical (unpaired) electrons. The van der Waals surface area contributed by atoms with Crippen LogP contribution in [-0.2, 0) is 17.8 Å². The first-order valence-corrected chi connectivity index (χ1v) is 11.7. The van der Waals surface area contributed by atoms with Crippen LogP contribution in [0.5, 0.6) is 0 Å². The Hall–Kier alpha value is -4.05. The molecule has 2 aromatic heterocycles. The van der Waals surface area contributed by atoms with Crippen LogP contribution in [0.3, 0.4) is 0 Å². The summed E-state index contributed by atoms with van der Waals surface area (Å²) in [6, 6.07) is 13.5. The van der Waals surface area contributed by atoms with Crippen LogP contribution in [0.1, 0.15) is 43.1 Å². The van der Waals surface area contributed by atoms with E-state index in [9.17, 15) is 23.9 Å². The number of aromatic amines is 2. The van der Waals surface area contributed by atoms with Crippen molar-refractivity contribution in [3.05, 3.63) is 92.1 Å². The number of aliphatic hydroxyl groups excluding tert-OH is 1. The molecular formula is C26H28FN5O4. The molecule has 36 heavy (non-hydrogen) atoms. The van der Waals surface area contributed by atoms with Crippen molar-refractivity contribution in [3.8, 4) is 0 Å². The normalized spacial score (nSPS) is 13.0. The third kappa shape index (κ3) is 5.28. The minimum absolute atomic E-state index is 0.114. The number of carbonyl (C=O) groups is 1. The molecule has 4 N–H and O–H groups in total. The van der Waals surface area contributed by atoms with Crippen LogP contribution in [0.15, 0.2) is 58.1 Å². The summed E-state index contributed by atoms with van der Waals surface area (Å²) >= 11 is 0. The summed E-state index contributed by atoms with van der Waals surface area (Å²) in [6.45, 7) is 3.39. The van der Waals surface area contributed by atoms with Crippen molar-refractivity contribution in [3.63, 3.8) is 0 Å². The van der Waals surface area contributed by atoms with Gasteiger partial charge >= 0.3 is 5.69 Å². The molecule has 10 heteroatoms. The first kappa shape index (κ1) is 25.1. The van der Waals surface area contributed by atoms with Crippen molar-refractivity contribution in [2.24, 2.45) is 5.92 Å². The number of hydrogen-bond acceptors (Lipinski definition) is 5. The summed E-state index contributed by atoms with van der Waals surface area (Å²) in [7, 11) is 0. The lowest BCUT2D eigenvalue weighted by Crippen LogP contribution is -2.32. The van der Waals surface area contributed by atoms with Crippen molar-refractivity contribution >= 4 is 22.8 Å². The Morgan fingerprint density at radius 1 is 1.14 bits per heavy atom. The van der Waals surface area contributed by atoms with E-state index in [0.717, 1.165) is 5.56 Å². The number of nitrogens with zero attached hydrogens (tertiary/aromatic N) is 2. The number of aliphatic hydroxyl groups is 1. The standard InChI is InChI=1S/C26H28FN5O4/c1-3-16(14-33)13-32-24-22(25(35)31-26(32)36)29-23(30-24)20(12-18-6-4-5-7-21(18)27)17-8-10-19(11-9-17)28-15(2)34/h4-11,16,20,33H,3,12-14H2,1-2H3,(H,28,34)(H,29,30)(H,31,35,36). The lowest BCUT2D eigenvalue weighted by atomic mass is 9.91. The monoisotopic (exact) mass is 493 g/mol. The Kier molecular flexibility index (Phi) is 7.44. The molecule has 2 atom stereocenters. The third-order valence-corrected chi connectivity index (χ3v) is 6.27. The van der Waals surface area contributed by atoms with Gasteiger partial charge in [-0.3, -0.25) is 19.1 Å². The number of amides is 1. The van der Waals surface area contributed by atoms with Gasteiger partial charge in [-0.2, -0.15) is 0 Å². The van der Waals surface area contributed by atoms with E-state index in [-0.39, 0.29) is 48.4 Å². The second-order valence-corrected chi connectivity index (χ2v) is 8.80. The van der Waals surface area contributed by atoms with Crippen LogP contribution in [-0.4, -0.2) is 37.1 Å². The average Bonchev–Trinajstić information content (AvgIpc) is 3.30. The Morgan fingerprint density at radius 3 is 2.50 bits per heavy atom. The molecule has 0 aliphatic rings. The fourth-order valence-corrected chi connectivity index (χ4v) is 4.23. The van der Waals surface area contributed by atoms with Crippen LogP contribution in [0.4, 0.5) is 10.1 Å². The predicted octanol–water partition coefficient (Wildman–Crippen LogP) is 2.90. The summed E-state index contributed by atoms with van der Waals surface area (Å²) in [5.41, 5.74) is 0.950. The summed E-state index contributed by atoms with van der Waals surface area (Å²) in [6.07, 6.45) is 0.875. The number of carbonyl (C=O) groups excluding carboxylic acids is 1. The third-order valence-electron chi connectivity index (χ3n) is 6.27. The lowest BCUT2D eigenvalue weighted by molar-refractivity contribution is -0.114. The average molecular weight is 494 g/mol. The van der Waals surface area contributed by atoms with Gasteiger partial charge in [0.2, 0.25) is 5.91 Å². The molecule has 0 saturated carbocycles. The van der Waals surface area contributed by atoms with Crippen LogP contribution >= 0.6 is 0 Å². The van der Waals surface area contributed by atoms with Gasteiger partial charge < -0.3 is 15.4 Å². The Bertz CT molecular complexity index is 1480. The molecule has 4 rings (SSSR count). The minimum atomic E-state index is -0.609. The number of imidazole rings is 1. The maximum atomic E-state index is 14.6. The zero-order valence-corrected chi connectivity index (χ0v) is 20.0. The van der Waals surface area contributed by atoms with Crippen LogP contribution in [0.25, 0.3) is 11.2 Å². The number of aromatic nitrogens is 4. The molecule has 2 aromatic carbocycles. The second-order valence-electron chi connectivity index (χ2n) is 8.80. The van der Waals surface area contributed by atoms with Gasteiger partial charge in [-0.05, 0) is 48.1 Å². The van der Waals surface area contributed by atoms with Gasteiger partial charge in [-0.15, -0.1) is 0 Å². The number of halogens is 1. The molecule has 2 heterocycles. The highest BCUT2D eigenvalue weighted by Crippen LogP contribution is 2.29. The van der Waals surface area contributed by atoms with E-state index >= 15 is 0 Å². The minimum Gasteiger partial charge on any atom is -0.396 e. The highest BCUT2D eigenvalue weighted by molar-refractivity contribution is 5.88. The van der Waals surface area contributed by atoms with E-state index in [0.29, 0.717) is 23.5 Å². The number of anilines is 1. The maximum absolute atomic E-state index is 14.6. The number of hydrogen-bond donors (Lipinski definition) is 4. The molecular weight excluding hydrogens is 465 g/mol. The number of nitrogens with one attached hydrogen (secondary N) is 3. The van der Waals surface area contributed by atoms with Gasteiger partial charge in [0, 0.05) is 31.7 Å².